The Balaban J connectivity index is 1.85. The molecule has 19 heavy (non-hydrogen) atoms. The molecule has 0 aliphatic heterocycles. The molecular formula is C15H18N2O2. The molecule has 2 heterocycles. The van der Waals surface area contributed by atoms with Crippen LogP contribution in [0.4, 0.5) is 0 Å². The molecule has 0 atom stereocenters. The second-order valence-electron chi connectivity index (χ2n) is 5.13. The molecule has 2 aromatic heterocycles. The zero-order chi connectivity index (χ0) is 13.2. The standard InChI is InChI=1S/C15H18N2O2/c1-11-16-14(13-9-5-6-10-17(11)13)15(18)19-12-7-3-2-4-8-12/h5-6,9-10,12H,2-4,7-8H2,1H3. The molecular weight excluding hydrogens is 240 g/mol. The lowest BCUT2D eigenvalue weighted by Gasteiger charge is -2.21. The van der Waals surface area contributed by atoms with Gasteiger partial charge < -0.3 is 9.14 Å². The summed E-state index contributed by atoms with van der Waals surface area (Å²) >= 11 is 0. The third kappa shape index (κ3) is 2.35. The van der Waals surface area contributed by atoms with Crippen LogP contribution in [0.2, 0.25) is 0 Å². The summed E-state index contributed by atoms with van der Waals surface area (Å²) in [6.45, 7) is 1.89. The van der Waals surface area contributed by atoms with Crippen LogP contribution in [0, 0.1) is 6.92 Å². The number of aryl methyl sites for hydroxylation is 1. The fraction of sp³-hybridized carbons (Fsp3) is 0.467. The fourth-order valence-corrected chi connectivity index (χ4v) is 2.73. The Hall–Kier alpha value is -1.84. The number of imidazole rings is 1. The van der Waals surface area contributed by atoms with E-state index in [1.807, 2.05) is 35.7 Å². The van der Waals surface area contributed by atoms with Gasteiger partial charge in [0.1, 0.15) is 11.9 Å². The van der Waals surface area contributed by atoms with Crippen molar-refractivity contribution in [2.24, 2.45) is 0 Å². The number of carbonyl (C=O) groups is 1. The number of hydrogen-bond donors (Lipinski definition) is 0. The van der Waals surface area contributed by atoms with Gasteiger partial charge in [0.2, 0.25) is 0 Å². The first-order chi connectivity index (χ1) is 9.25. The van der Waals surface area contributed by atoms with E-state index in [9.17, 15) is 4.79 Å². The van der Waals surface area contributed by atoms with Crippen molar-refractivity contribution in [2.75, 3.05) is 0 Å². The first kappa shape index (κ1) is 12.2. The summed E-state index contributed by atoms with van der Waals surface area (Å²) in [6, 6.07) is 5.74. The molecule has 0 spiro atoms. The predicted molar refractivity (Wildman–Crippen MR) is 72.2 cm³/mol. The second-order valence-corrected chi connectivity index (χ2v) is 5.13. The van der Waals surface area contributed by atoms with Crippen molar-refractivity contribution in [3.05, 3.63) is 35.9 Å². The summed E-state index contributed by atoms with van der Waals surface area (Å²) in [4.78, 5) is 16.6. The smallest absolute Gasteiger partial charge is 0.359 e. The molecule has 0 amide bonds. The molecule has 2 aromatic rings. The molecule has 3 rings (SSSR count). The molecule has 0 radical (unpaired) electrons. The maximum absolute atomic E-state index is 12.2. The van der Waals surface area contributed by atoms with Crippen LogP contribution in [0.3, 0.4) is 0 Å². The first-order valence-corrected chi connectivity index (χ1v) is 6.90. The number of esters is 1. The lowest BCUT2D eigenvalue weighted by molar-refractivity contribution is 0.0207. The van der Waals surface area contributed by atoms with Crippen LogP contribution in [0.15, 0.2) is 24.4 Å². The minimum absolute atomic E-state index is 0.0713. The predicted octanol–water partition coefficient (Wildman–Crippen LogP) is 3.13. The number of rotatable bonds is 2. The van der Waals surface area contributed by atoms with E-state index >= 15 is 0 Å². The lowest BCUT2D eigenvalue weighted by Crippen LogP contribution is -2.21. The van der Waals surface area contributed by atoms with E-state index in [1.165, 1.54) is 6.42 Å². The minimum atomic E-state index is -0.288. The highest BCUT2D eigenvalue weighted by Crippen LogP contribution is 2.22. The van der Waals surface area contributed by atoms with Gasteiger partial charge in [-0.15, -0.1) is 0 Å². The zero-order valence-electron chi connectivity index (χ0n) is 11.1. The molecule has 0 saturated heterocycles. The number of ether oxygens (including phenoxy) is 1. The minimum Gasteiger partial charge on any atom is -0.458 e. The molecule has 0 N–H and O–H groups in total. The van der Waals surface area contributed by atoms with Gasteiger partial charge in [-0.05, 0) is 44.7 Å². The van der Waals surface area contributed by atoms with E-state index in [-0.39, 0.29) is 12.1 Å². The number of pyridine rings is 1. The largest absolute Gasteiger partial charge is 0.458 e. The van der Waals surface area contributed by atoms with E-state index in [2.05, 4.69) is 4.98 Å². The van der Waals surface area contributed by atoms with E-state index in [4.69, 9.17) is 4.74 Å². The lowest BCUT2D eigenvalue weighted by atomic mass is 9.98. The number of fused-ring (bicyclic) bond motifs is 1. The van der Waals surface area contributed by atoms with Crippen molar-refractivity contribution >= 4 is 11.5 Å². The summed E-state index contributed by atoms with van der Waals surface area (Å²) in [5.41, 5.74) is 1.25. The summed E-state index contributed by atoms with van der Waals surface area (Å²) in [6.07, 6.45) is 7.51. The van der Waals surface area contributed by atoms with Crippen molar-refractivity contribution in [3.63, 3.8) is 0 Å². The van der Waals surface area contributed by atoms with Gasteiger partial charge in [0, 0.05) is 6.20 Å². The molecule has 1 fully saturated rings. The molecule has 4 heteroatoms. The summed E-state index contributed by atoms with van der Waals surface area (Å²) in [5, 5.41) is 0. The Labute approximate surface area is 112 Å². The number of aromatic nitrogens is 2. The van der Waals surface area contributed by atoms with Crippen LogP contribution < -0.4 is 0 Å². The van der Waals surface area contributed by atoms with Crippen molar-refractivity contribution in [3.8, 4) is 0 Å². The van der Waals surface area contributed by atoms with Gasteiger partial charge in [0.15, 0.2) is 5.69 Å². The van der Waals surface area contributed by atoms with E-state index < -0.39 is 0 Å². The normalized spacial score (nSPS) is 16.7. The summed E-state index contributed by atoms with van der Waals surface area (Å²) < 4.78 is 7.50. The van der Waals surface area contributed by atoms with Crippen LogP contribution in [0.5, 0.6) is 0 Å². The Morgan fingerprint density at radius 3 is 2.89 bits per heavy atom. The number of carbonyl (C=O) groups excluding carboxylic acids is 1. The van der Waals surface area contributed by atoms with Crippen molar-refractivity contribution in [1.29, 1.82) is 0 Å². The Kier molecular flexibility index (Phi) is 3.23. The second kappa shape index (κ2) is 5.03. The van der Waals surface area contributed by atoms with Crippen molar-refractivity contribution < 1.29 is 9.53 Å². The van der Waals surface area contributed by atoms with Gasteiger partial charge in [-0.3, -0.25) is 0 Å². The van der Waals surface area contributed by atoms with Crippen LogP contribution >= 0.6 is 0 Å². The highest BCUT2D eigenvalue weighted by molar-refractivity contribution is 5.95. The van der Waals surface area contributed by atoms with Crippen LogP contribution in [0.1, 0.15) is 48.4 Å². The van der Waals surface area contributed by atoms with E-state index in [0.717, 1.165) is 37.0 Å². The van der Waals surface area contributed by atoms with Crippen molar-refractivity contribution in [1.82, 2.24) is 9.38 Å². The Morgan fingerprint density at radius 2 is 2.11 bits per heavy atom. The van der Waals surface area contributed by atoms with Crippen LogP contribution in [0.25, 0.3) is 5.52 Å². The Bertz CT molecular complexity index is 597. The molecule has 0 aromatic carbocycles. The molecule has 0 bridgehead atoms. The maximum atomic E-state index is 12.2. The van der Waals surface area contributed by atoms with Gasteiger partial charge in [-0.25, -0.2) is 9.78 Å². The molecule has 1 aliphatic rings. The molecule has 1 saturated carbocycles. The quantitative estimate of drug-likeness (QED) is 0.777. The highest BCUT2D eigenvalue weighted by atomic mass is 16.5. The number of nitrogens with zero attached hydrogens (tertiary/aromatic N) is 2. The molecule has 4 nitrogen and oxygen atoms in total. The third-order valence-corrected chi connectivity index (χ3v) is 3.74. The maximum Gasteiger partial charge on any atom is 0.359 e. The van der Waals surface area contributed by atoms with E-state index in [1.54, 1.807) is 0 Å². The highest BCUT2D eigenvalue weighted by Gasteiger charge is 2.22. The van der Waals surface area contributed by atoms with Crippen LogP contribution in [-0.4, -0.2) is 21.5 Å². The first-order valence-electron chi connectivity index (χ1n) is 6.90. The van der Waals surface area contributed by atoms with Gasteiger partial charge in [0.05, 0.1) is 5.52 Å². The van der Waals surface area contributed by atoms with E-state index in [0.29, 0.717) is 5.69 Å². The molecule has 0 unspecified atom stereocenters. The number of hydrogen-bond acceptors (Lipinski definition) is 3. The average Bonchev–Trinajstić information content (AvgIpc) is 2.78. The molecule has 100 valence electrons. The van der Waals surface area contributed by atoms with Gasteiger partial charge >= 0.3 is 5.97 Å². The topological polar surface area (TPSA) is 43.6 Å². The van der Waals surface area contributed by atoms with Gasteiger partial charge in [0.25, 0.3) is 0 Å². The van der Waals surface area contributed by atoms with Gasteiger partial charge in [-0.2, -0.15) is 0 Å². The monoisotopic (exact) mass is 258 g/mol. The molecule has 1 aliphatic carbocycles. The van der Waals surface area contributed by atoms with Crippen LogP contribution in [-0.2, 0) is 4.74 Å². The summed E-state index contributed by atoms with van der Waals surface area (Å²) in [5.74, 6) is 0.523. The summed E-state index contributed by atoms with van der Waals surface area (Å²) in [7, 11) is 0. The van der Waals surface area contributed by atoms with Gasteiger partial charge in [-0.1, -0.05) is 12.5 Å². The van der Waals surface area contributed by atoms with Crippen molar-refractivity contribution in [2.45, 2.75) is 45.1 Å². The zero-order valence-corrected chi connectivity index (χ0v) is 11.1. The SMILES string of the molecule is Cc1nc(C(=O)OC2CCCCC2)c2ccccn12. The third-order valence-electron chi connectivity index (χ3n) is 3.74. The average molecular weight is 258 g/mol. The fourth-order valence-electron chi connectivity index (χ4n) is 2.73. The Morgan fingerprint density at radius 1 is 1.32 bits per heavy atom.